The van der Waals surface area contributed by atoms with Crippen LogP contribution in [-0.2, 0) is 4.79 Å². The van der Waals surface area contributed by atoms with E-state index in [0.29, 0.717) is 6.54 Å². The minimum Gasteiger partial charge on any atom is -0.395 e. The standard InChI is InChI=1S/C8H13NO2/c1-4-8(11)9(5-6-10)7(2)3/h1,7,10H,5-6H2,2-3H3. The molecule has 0 heterocycles. The van der Waals surface area contributed by atoms with E-state index in [2.05, 4.69) is 0 Å². The molecule has 11 heavy (non-hydrogen) atoms. The molecule has 0 fully saturated rings. The zero-order valence-electron chi connectivity index (χ0n) is 6.87. The average Bonchev–Trinajstić information content (AvgIpc) is 1.98. The molecular weight excluding hydrogens is 142 g/mol. The highest BCUT2D eigenvalue weighted by Crippen LogP contribution is 1.96. The monoisotopic (exact) mass is 155 g/mol. The molecule has 0 aromatic heterocycles. The molecule has 0 aromatic carbocycles. The summed E-state index contributed by atoms with van der Waals surface area (Å²) in [7, 11) is 0. The van der Waals surface area contributed by atoms with Gasteiger partial charge in [-0.15, -0.1) is 6.42 Å². The summed E-state index contributed by atoms with van der Waals surface area (Å²) in [6.45, 7) is 3.96. The SMILES string of the molecule is C#CC(=O)N(CCO)C(C)C. The number of aliphatic hydroxyl groups excluding tert-OH is 1. The van der Waals surface area contributed by atoms with Crippen LogP contribution in [0, 0.1) is 12.3 Å². The van der Waals surface area contributed by atoms with Gasteiger partial charge in [0.05, 0.1) is 6.61 Å². The molecule has 0 aromatic rings. The zero-order valence-corrected chi connectivity index (χ0v) is 6.87. The minimum absolute atomic E-state index is 0.0469. The van der Waals surface area contributed by atoms with E-state index in [-0.39, 0.29) is 18.6 Å². The van der Waals surface area contributed by atoms with E-state index >= 15 is 0 Å². The number of carbonyl (C=O) groups is 1. The Bertz CT molecular complexity index is 169. The van der Waals surface area contributed by atoms with Crippen molar-refractivity contribution in [2.45, 2.75) is 19.9 Å². The summed E-state index contributed by atoms with van der Waals surface area (Å²) in [6.07, 6.45) is 4.92. The lowest BCUT2D eigenvalue weighted by Gasteiger charge is -2.22. The van der Waals surface area contributed by atoms with E-state index in [4.69, 9.17) is 11.5 Å². The molecular formula is C8H13NO2. The van der Waals surface area contributed by atoms with Crippen molar-refractivity contribution in [1.29, 1.82) is 0 Å². The van der Waals surface area contributed by atoms with Gasteiger partial charge in [0.25, 0.3) is 5.91 Å². The van der Waals surface area contributed by atoms with Crippen LogP contribution in [0.3, 0.4) is 0 Å². The van der Waals surface area contributed by atoms with Gasteiger partial charge < -0.3 is 10.0 Å². The van der Waals surface area contributed by atoms with Crippen molar-refractivity contribution in [1.82, 2.24) is 4.90 Å². The highest BCUT2D eigenvalue weighted by molar-refractivity contribution is 5.93. The van der Waals surface area contributed by atoms with Crippen LogP contribution in [0.2, 0.25) is 0 Å². The van der Waals surface area contributed by atoms with E-state index in [9.17, 15) is 4.79 Å². The Morgan fingerprint density at radius 3 is 2.55 bits per heavy atom. The number of rotatable bonds is 3. The fourth-order valence-corrected chi connectivity index (χ4v) is 0.785. The van der Waals surface area contributed by atoms with Gasteiger partial charge in [-0.1, -0.05) is 0 Å². The third kappa shape index (κ3) is 3.06. The van der Waals surface area contributed by atoms with Crippen molar-refractivity contribution in [3.8, 4) is 12.3 Å². The number of hydrogen-bond acceptors (Lipinski definition) is 2. The molecule has 0 spiro atoms. The first-order valence-electron chi connectivity index (χ1n) is 3.51. The highest BCUT2D eigenvalue weighted by Gasteiger charge is 2.12. The molecule has 0 aliphatic heterocycles. The second kappa shape index (κ2) is 4.75. The second-order valence-electron chi connectivity index (χ2n) is 2.46. The van der Waals surface area contributed by atoms with Crippen LogP contribution in [0.5, 0.6) is 0 Å². The van der Waals surface area contributed by atoms with Crippen molar-refractivity contribution in [3.05, 3.63) is 0 Å². The predicted molar refractivity (Wildman–Crippen MR) is 42.8 cm³/mol. The number of terminal acetylenes is 1. The van der Waals surface area contributed by atoms with Crippen molar-refractivity contribution in [2.75, 3.05) is 13.2 Å². The Morgan fingerprint density at radius 2 is 2.27 bits per heavy atom. The molecule has 3 nitrogen and oxygen atoms in total. The lowest BCUT2D eigenvalue weighted by molar-refractivity contribution is -0.127. The smallest absolute Gasteiger partial charge is 0.298 e. The normalized spacial score (nSPS) is 9.36. The van der Waals surface area contributed by atoms with Gasteiger partial charge in [-0.2, -0.15) is 0 Å². The molecule has 0 saturated heterocycles. The molecule has 0 aliphatic rings. The predicted octanol–water partition coefficient (Wildman–Crippen LogP) is -0.151. The van der Waals surface area contributed by atoms with Gasteiger partial charge in [-0.25, -0.2) is 0 Å². The van der Waals surface area contributed by atoms with E-state index in [0.717, 1.165) is 0 Å². The Labute approximate surface area is 67.0 Å². The first kappa shape index (κ1) is 9.99. The third-order valence-corrected chi connectivity index (χ3v) is 1.35. The van der Waals surface area contributed by atoms with Crippen LogP contribution in [0.25, 0.3) is 0 Å². The van der Waals surface area contributed by atoms with Crippen LogP contribution in [0.1, 0.15) is 13.8 Å². The summed E-state index contributed by atoms with van der Waals surface area (Å²) >= 11 is 0. The largest absolute Gasteiger partial charge is 0.395 e. The quantitative estimate of drug-likeness (QED) is 0.576. The summed E-state index contributed by atoms with van der Waals surface area (Å²) < 4.78 is 0. The molecule has 1 N–H and O–H groups in total. The second-order valence-corrected chi connectivity index (χ2v) is 2.46. The lowest BCUT2D eigenvalue weighted by Crippen LogP contribution is -2.38. The molecule has 0 bridgehead atoms. The molecule has 0 rings (SSSR count). The molecule has 62 valence electrons. The Hall–Kier alpha value is -1.01. The van der Waals surface area contributed by atoms with E-state index < -0.39 is 0 Å². The Morgan fingerprint density at radius 1 is 1.73 bits per heavy atom. The molecule has 1 amide bonds. The van der Waals surface area contributed by atoms with E-state index in [1.54, 1.807) is 0 Å². The van der Waals surface area contributed by atoms with Crippen molar-refractivity contribution in [3.63, 3.8) is 0 Å². The van der Waals surface area contributed by atoms with Crippen LogP contribution in [0.15, 0.2) is 0 Å². The average molecular weight is 155 g/mol. The van der Waals surface area contributed by atoms with Gasteiger partial charge >= 0.3 is 0 Å². The maximum absolute atomic E-state index is 10.9. The first-order valence-corrected chi connectivity index (χ1v) is 3.51. The van der Waals surface area contributed by atoms with Crippen molar-refractivity contribution >= 4 is 5.91 Å². The maximum Gasteiger partial charge on any atom is 0.298 e. The highest BCUT2D eigenvalue weighted by atomic mass is 16.3. The molecule has 0 aliphatic carbocycles. The summed E-state index contributed by atoms with van der Waals surface area (Å²) in [5, 5.41) is 8.57. The van der Waals surface area contributed by atoms with Gasteiger partial charge in [0.2, 0.25) is 0 Å². The van der Waals surface area contributed by atoms with Crippen LogP contribution in [0.4, 0.5) is 0 Å². The van der Waals surface area contributed by atoms with Crippen molar-refractivity contribution < 1.29 is 9.90 Å². The first-order chi connectivity index (χ1) is 5.13. The van der Waals surface area contributed by atoms with Crippen LogP contribution < -0.4 is 0 Å². The fourth-order valence-electron chi connectivity index (χ4n) is 0.785. The number of nitrogens with zero attached hydrogens (tertiary/aromatic N) is 1. The molecule has 0 radical (unpaired) electrons. The summed E-state index contributed by atoms with van der Waals surface area (Å²) in [5.41, 5.74) is 0. The molecule has 0 unspecified atom stereocenters. The number of carbonyl (C=O) groups excluding carboxylic acids is 1. The Balaban J connectivity index is 4.12. The van der Waals surface area contributed by atoms with Gasteiger partial charge in [0.15, 0.2) is 0 Å². The topological polar surface area (TPSA) is 40.5 Å². The van der Waals surface area contributed by atoms with Crippen molar-refractivity contribution in [2.24, 2.45) is 0 Å². The Kier molecular flexibility index (Phi) is 4.32. The number of aliphatic hydroxyl groups is 1. The van der Waals surface area contributed by atoms with Gasteiger partial charge in [-0.3, -0.25) is 4.79 Å². The van der Waals surface area contributed by atoms with Gasteiger partial charge in [-0.05, 0) is 19.8 Å². The molecule has 0 atom stereocenters. The number of hydrogen-bond donors (Lipinski definition) is 1. The summed E-state index contributed by atoms with van der Waals surface area (Å²) in [4.78, 5) is 12.4. The fraction of sp³-hybridized carbons (Fsp3) is 0.625. The van der Waals surface area contributed by atoms with E-state index in [1.807, 2.05) is 19.8 Å². The summed E-state index contributed by atoms with van der Waals surface area (Å²) in [6, 6.07) is 0.0469. The maximum atomic E-state index is 10.9. The molecule has 3 heteroatoms. The molecule has 0 saturated carbocycles. The van der Waals surface area contributed by atoms with Gasteiger partial charge in [0, 0.05) is 12.6 Å². The minimum atomic E-state index is -0.367. The number of amides is 1. The van der Waals surface area contributed by atoms with Gasteiger partial charge in [0.1, 0.15) is 0 Å². The van der Waals surface area contributed by atoms with E-state index in [1.165, 1.54) is 4.90 Å². The van der Waals surface area contributed by atoms with Crippen LogP contribution >= 0.6 is 0 Å². The lowest BCUT2D eigenvalue weighted by atomic mass is 10.3. The van der Waals surface area contributed by atoms with Crippen LogP contribution in [-0.4, -0.2) is 35.1 Å². The third-order valence-electron chi connectivity index (χ3n) is 1.35. The zero-order chi connectivity index (χ0) is 8.85. The summed E-state index contributed by atoms with van der Waals surface area (Å²) in [5.74, 6) is 1.64.